The number of rotatable bonds is 2. The Hall–Kier alpha value is -3.51. The molecule has 6 heteroatoms. The molecule has 2 N–H and O–H groups in total. The van der Waals surface area contributed by atoms with E-state index in [9.17, 15) is 9.18 Å². The van der Waals surface area contributed by atoms with Crippen LogP contribution in [0.3, 0.4) is 0 Å². The first-order valence-electron chi connectivity index (χ1n) is 11.3. The Morgan fingerprint density at radius 3 is 2.44 bits per heavy atom. The topological polar surface area (TPSA) is 44.4 Å². The van der Waals surface area contributed by atoms with E-state index in [2.05, 4.69) is 30.6 Å². The SMILES string of the molecule is CC1(C)C=C2Nc3ccccc3N(C(=S)Nc3ccccc3)C(c3ccc(F)cc3)C2C(=O)C1. The van der Waals surface area contributed by atoms with Gasteiger partial charge in [0, 0.05) is 17.8 Å². The van der Waals surface area contributed by atoms with Crippen LogP contribution in [0.25, 0.3) is 0 Å². The number of fused-ring (bicyclic) bond motifs is 2. The molecule has 1 aliphatic carbocycles. The molecule has 0 aromatic heterocycles. The number of carbonyl (C=O) groups excluding carboxylic acids is 1. The number of benzene rings is 3. The lowest BCUT2D eigenvalue weighted by molar-refractivity contribution is -0.124. The summed E-state index contributed by atoms with van der Waals surface area (Å²) in [5.74, 6) is -0.676. The summed E-state index contributed by atoms with van der Waals surface area (Å²) in [5.41, 5.74) is 3.98. The standard InChI is InChI=1S/C28H26FN3OS/c1-28(2)16-22-25(24(33)17-28)26(18-12-14-19(29)15-13-18)32(23-11-7-6-10-21(23)31-22)27(34)30-20-8-4-3-5-9-20/h3-16,25-26,31H,17H2,1-2H3,(H,30,34). The average Bonchev–Trinajstić information content (AvgIpc) is 2.94. The number of allylic oxidation sites excluding steroid dienone is 1. The van der Waals surface area contributed by atoms with Gasteiger partial charge in [0.05, 0.1) is 23.3 Å². The molecule has 3 aromatic rings. The molecule has 2 aliphatic rings. The maximum Gasteiger partial charge on any atom is 0.178 e. The van der Waals surface area contributed by atoms with Crippen molar-refractivity contribution in [1.82, 2.24) is 0 Å². The number of Topliss-reactive ketones (excluding diaryl/α,β-unsaturated/α-hetero) is 1. The molecule has 0 radical (unpaired) electrons. The van der Waals surface area contributed by atoms with Crippen LogP contribution in [0.4, 0.5) is 21.5 Å². The summed E-state index contributed by atoms with van der Waals surface area (Å²) >= 11 is 5.95. The lowest BCUT2D eigenvalue weighted by Gasteiger charge is -2.40. The molecular formula is C28H26FN3OS. The Labute approximate surface area is 204 Å². The molecule has 2 unspecified atom stereocenters. The Morgan fingerprint density at radius 2 is 1.71 bits per heavy atom. The highest BCUT2D eigenvalue weighted by Gasteiger charge is 2.45. The zero-order chi connectivity index (χ0) is 23.9. The van der Waals surface area contributed by atoms with E-state index in [0.29, 0.717) is 11.5 Å². The largest absolute Gasteiger partial charge is 0.357 e. The monoisotopic (exact) mass is 471 g/mol. The van der Waals surface area contributed by atoms with Gasteiger partial charge in [-0.1, -0.05) is 62.4 Å². The molecule has 2 atom stereocenters. The van der Waals surface area contributed by atoms with Crippen molar-refractivity contribution >= 4 is 40.2 Å². The van der Waals surface area contributed by atoms with Gasteiger partial charge >= 0.3 is 0 Å². The fourth-order valence-corrected chi connectivity index (χ4v) is 5.27. The van der Waals surface area contributed by atoms with Crippen molar-refractivity contribution in [2.75, 3.05) is 15.5 Å². The zero-order valence-electron chi connectivity index (χ0n) is 19.1. The first-order valence-corrected chi connectivity index (χ1v) is 11.8. The fourth-order valence-electron chi connectivity index (χ4n) is 4.94. The summed E-state index contributed by atoms with van der Waals surface area (Å²) in [4.78, 5) is 15.7. The van der Waals surface area contributed by atoms with Crippen molar-refractivity contribution in [2.24, 2.45) is 11.3 Å². The maximum absolute atomic E-state index is 13.9. The van der Waals surface area contributed by atoms with Crippen molar-refractivity contribution in [3.8, 4) is 0 Å². The van der Waals surface area contributed by atoms with Crippen LogP contribution in [0.5, 0.6) is 0 Å². The second-order valence-corrected chi connectivity index (χ2v) is 9.90. The minimum Gasteiger partial charge on any atom is -0.357 e. The Balaban J connectivity index is 1.71. The number of halogens is 1. The smallest absolute Gasteiger partial charge is 0.178 e. The van der Waals surface area contributed by atoms with E-state index in [1.165, 1.54) is 12.1 Å². The minimum atomic E-state index is -0.485. The lowest BCUT2D eigenvalue weighted by atomic mass is 9.72. The predicted molar refractivity (Wildman–Crippen MR) is 139 cm³/mol. The first-order chi connectivity index (χ1) is 16.3. The number of nitrogens with one attached hydrogen (secondary N) is 2. The number of hydrogen-bond donors (Lipinski definition) is 2. The van der Waals surface area contributed by atoms with Crippen LogP contribution in [0.2, 0.25) is 0 Å². The van der Waals surface area contributed by atoms with Gasteiger partial charge in [0.15, 0.2) is 5.11 Å². The van der Waals surface area contributed by atoms with Crippen LogP contribution in [0, 0.1) is 17.2 Å². The molecule has 5 rings (SSSR count). The molecule has 0 bridgehead atoms. The summed E-state index contributed by atoms with van der Waals surface area (Å²) in [5, 5.41) is 7.35. The van der Waals surface area contributed by atoms with Crippen molar-refractivity contribution in [3.63, 3.8) is 0 Å². The third-order valence-electron chi connectivity index (χ3n) is 6.35. The summed E-state index contributed by atoms with van der Waals surface area (Å²) in [7, 11) is 0. The quantitative estimate of drug-likeness (QED) is 0.408. The number of thiocarbonyl (C=S) groups is 1. The van der Waals surface area contributed by atoms with Gasteiger partial charge in [-0.25, -0.2) is 4.39 Å². The molecule has 4 nitrogen and oxygen atoms in total. The third kappa shape index (κ3) is 4.21. The number of ketones is 1. The first kappa shape index (κ1) is 22.3. The van der Waals surface area contributed by atoms with Crippen molar-refractivity contribution in [3.05, 3.63) is 102 Å². The average molecular weight is 472 g/mol. The van der Waals surface area contributed by atoms with Crippen LogP contribution in [0.1, 0.15) is 31.9 Å². The molecule has 34 heavy (non-hydrogen) atoms. The molecule has 1 aliphatic heterocycles. The molecule has 0 fully saturated rings. The lowest BCUT2D eigenvalue weighted by Crippen LogP contribution is -2.45. The Kier molecular flexibility index (Phi) is 5.70. The van der Waals surface area contributed by atoms with Gasteiger partial charge in [-0.3, -0.25) is 4.79 Å². The van der Waals surface area contributed by atoms with E-state index in [1.807, 2.05) is 59.5 Å². The van der Waals surface area contributed by atoms with Gasteiger partial charge in [0.2, 0.25) is 0 Å². The van der Waals surface area contributed by atoms with Crippen molar-refractivity contribution in [2.45, 2.75) is 26.3 Å². The molecule has 1 heterocycles. The minimum absolute atomic E-state index is 0.129. The van der Waals surface area contributed by atoms with E-state index >= 15 is 0 Å². The Morgan fingerprint density at radius 1 is 1.03 bits per heavy atom. The molecule has 172 valence electrons. The van der Waals surface area contributed by atoms with Gasteiger partial charge < -0.3 is 15.5 Å². The summed E-state index contributed by atoms with van der Waals surface area (Å²) in [6, 6.07) is 23.5. The van der Waals surface area contributed by atoms with Crippen LogP contribution in [-0.2, 0) is 4.79 Å². The molecule has 3 aromatic carbocycles. The number of para-hydroxylation sites is 3. The normalized spacial score (nSPS) is 20.9. The van der Waals surface area contributed by atoms with Gasteiger partial charge in [0.25, 0.3) is 0 Å². The van der Waals surface area contributed by atoms with Crippen LogP contribution in [-0.4, -0.2) is 10.9 Å². The van der Waals surface area contributed by atoms with E-state index in [1.54, 1.807) is 12.1 Å². The molecule has 0 saturated carbocycles. The van der Waals surface area contributed by atoms with Crippen molar-refractivity contribution < 1.29 is 9.18 Å². The summed E-state index contributed by atoms with van der Waals surface area (Å²) in [6.45, 7) is 4.14. The van der Waals surface area contributed by atoms with Gasteiger partial charge in [0.1, 0.15) is 11.6 Å². The van der Waals surface area contributed by atoms with E-state index < -0.39 is 12.0 Å². The van der Waals surface area contributed by atoms with Crippen LogP contribution >= 0.6 is 12.2 Å². The van der Waals surface area contributed by atoms with Gasteiger partial charge in [-0.2, -0.15) is 0 Å². The van der Waals surface area contributed by atoms with Crippen LogP contribution in [0.15, 0.2) is 90.6 Å². The zero-order valence-corrected chi connectivity index (χ0v) is 19.9. The van der Waals surface area contributed by atoms with Gasteiger partial charge in [-0.05, 0) is 59.6 Å². The molecular weight excluding hydrogens is 445 g/mol. The van der Waals surface area contributed by atoms with Gasteiger partial charge in [-0.15, -0.1) is 0 Å². The second kappa shape index (κ2) is 8.69. The predicted octanol–water partition coefficient (Wildman–Crippen LogP) is 6.70. The van der Waals surface area contributed by atoms with E-state index in [0.717, 1.165) is 28.3 Å². The number of nitrogens with zero attached hydrogens (tertiary/aromatic N) is 1. The maximum atomic E-state index is 13.9. The number of hydrogen-bond acceptors (Lipinski definition) is 3. The van der Waals surface area contributed by atoms with E-state index in [-0.39, 0.29) is 17.0 Å². The molecule has 0 spiro atoms. The van der Waals surface area contributed by atoms with E-state index in [4.69, 9.17) is 12.2 Å². The Bertz CT molecular complexity index is 1270. The number of carbonyl (C=O) groups is 1. The summed E-state index contributed by atoms with van der Waals surface area (Å²) in [6.07, 6.45) is 2.58. The van der Waals surface area contributed by atoms with Crippen molar-refractivity contribution in [1.29, 1.82) is 0 Å². The second-order valence-electron chi connectivity index (χ2n) is 9.51. The highest BCUT2D eigenvalue weighted by molar-refractivity contribution is 7.80. The molecule has 0 saturated heterocycles. The highest BCUT2D eigenvalue weighted by atomic mass is 32.1. The van der Waals surface area contributed by atoms with Crippen LogP contribution < -0.4 is 15.5 Å². The summed E-state index contributed by atoms with van der Waals surface area (Å²) < 4.78 is 13.9. The molecule has 0 amide bonds. The fraction of sp³-hybridized carbons (Fsp3) is 0.214. The number of anilines is 3. The third-order valence-corrected chi connectivity index (χ3v) is 6.65. The highest BCUT2D eigenvalue weighted by Crippen LogP contribution is 2.48.